The van der Waals surface area contributed by atoms with Crippen LogP contribution >= 0.6 is 11.8 Å². The number of anilines is 1. The number of hydrogen-bond acceptors (Lipinski definition) is 10. The van der Waals surface area contributed by atoms with E-state index in [-0.39, 0.29) is 16.4 Å². The first-order valence-electron chi connectivity index (χ1n) is 12.5. The maximum Gasteiger partial charge on any atom is 0.346 e. The highest BCUT2D eigenvalue weighted by atomic mass is 32.2. The molecule has 1 saturated heterocycles. The van der Waals surface area contributed by atoms with Crippen LogP contribution in [0, 0.1) is 10.1 Å². The van der Waals surface area contributed by atoms with Gasteiger partial charge in [0.1, 0.15) is 6.54 Å². The van der Waals surface area contributed by atoms with E-state index in [1.165, 1.54) is 43.5 Å². The number of nitro benzene ring substituents is 1. The minimum atomic E-state index is -4.61. The number of ether oxygens (including phenoxy) is 1. The van der Waals surface area contributed by atoms with Crippen LogP contribution in [0.15, 0.2) is 94.7 Å². The molecule has 0 radical (unpaired) electrons. The first kappa shape index (κ1) is 29.3. The van der Waals surface area contributed by atoms with Gasteiger partial charge in [0.2, 0.25) is 5.91 Å². The van der Waals surface area contributed by atoms with Crippen LogP contribution in [0.3, 0.4) is 0 Å². The van der Waals surface area contributed by atoms with Gasteiger partial charge in [0.05, 0.1) is 16.9 Å². The number of thioether (sulfide) groups is 1. The summed E-state index contributed by atoms with van der Waals surface area (Å²) < 4.78 is 36.0. The summed E-state index contributed by atoms with van der Waals surface area (Å²) in [5, 5.41) is 15.1. The summed E-state index contributed by atoms with van der Waals surface area (Å²) in [6.07, 6.45) is 1.39. The fourth-order valence-corrected chi connectivity index (χ4v) is 6.23. The van der Waals surface area contributed by atoms with Crippen molar-refractivity contribution in [3.8, 4) is 11.5 Å². The molecule has 3 amide bonds. The second kappa shape index (κ2) is 12.0. The third-order valence-electron chi connectivity index (χ3n) is 6.26. The van der Waals surface area contributed by atoms with E-state index in [0.717, 1.165) is 27.8 Å². The average Bonchev–Trinajstić information content (AvgIpc) is 3.25. The van der Waals surface area contributed by atoms with Crippen LogP contribution < -0.4 is 14.2 Å². The fraction of sp³-hybridized carbons (Fsp3) is 0.0690. The van der Waals surface area contributed by atoms with Gasteiger partial charge in [-0.05, 0) is 53.1 Å². The van der Waals surface area contributed by atoms with E-state index in [0.29, 0.717) is 23.0 Å². The first-order chi connectivity index (χ1) is 20.6. The Hall–Kier alpha value is -5.21. The lowest BCUT2D eigenvalue weighted by atomic mass is 10.1. The first-order valence-corrected chi connectivity index (χ1v) is 14.7. The van der Waals surface area contributed by atoms with Gasteiger partial charge < -0.3 is 14.2 Å². The third-order valence-corrected chi connectivity index (χ3v) is 8.45. The Morgan fingerprint density at radius 1 is 1.00 bits per heavy atom. The van der Waals surface area contributed by atoms with E-state index < -0.39 is 49.2 Å². The molecule has 5 rings (SSSR count). The molecule has 0 aromatic heterocycles. The molecule has 1 aliphatic heterocycles. The van der Waals surface area contributed by atoms with E-state index in [1.54, 1.807) is 12.1 Å². The van der Waals surface area contributed by atoms with E-state index in [1.807, 2.05) is 30.3 Å². The largest absolute Gasteiger partial charge is 0.493 e. The predicted molar refractivity (Wildman–Crippen MR) is 159 cm³/mol. The second-order valence-corrected chi connectivity index (χ2v) is 11.5. The Kier molecular flexibility index (Phi) is 8.14. The zero-order chi connectivity index (χ0) is 30.7. The summed E-state index contributed by atoms with van der Waals surface area (Å²) in [5.41, 5.74) is 0.251. The van der Waals surface area contributed by atoms with Crippen LogP contribution in [0.25, 0.3) is 16.8 Å². The van der Waals surface area contributed by atoms with Crippen molar-refractivity contribution < 1.29 is 36.6 Å². The summed E-state index contributed by atoms with van der Waals surface area (Å²) in [4.78, 5) is 49.1. The van der Waals surface area contributed by atoms with Crippen LogP contribution in [0.1, 0.15) is 5.56 Å². The van der Waals surface area contributed by atoms with Crippen molar-refractivity contribution in [2.45, 2.75) is 4.90 Å². The number of imide groups is 1. The zero-order valence-corrected chi connectivity index (χ0v) is 23.9. The molecule has 1 N–H and O–H groups in total. The normalized spacial score (nSPS) is 14.3. The highest BCUT2D eigenvalue weighted by Gasteiger charge is 2.36. The number of hydrogen-bond donors (Lipinski definition) is 1. The number of carbonyl (C=O) groups excluding carboxylic acids is 3. The van der Waals surface area contributed by atoms with Crippen LogP contribution in [0.2, 0.25) is 0 Å². The van der Waals surface area contributed by atoms with Gasteiger partial charge >= 0.3 is 10.1 Å². The lowest BCUT2D eigenvalue weighted by Gasteiger charge is -2.13. The van der Waals surface area contributed by atoms with Gasteiger partial charge in [0, 0.05) is 17.1 Å². The van der Waals surface area contributed by atoms with Crippen molar-refractivity contribution in [3.05, 3.63) is 106 Å². The minimum Gasteiger partial charge on any atom is -0.493 e. The smallest absolute Gasteiger partial charge is 0.346 e. The average molecular weight is 620 g/mol. The molecule has 0 saturated carbocycles. The van der Waals surface area contributed by atoms with Gasteiger partial charge in [-0.15, -0.1) is 0 Å². The van der Waals surface area contributed by atoms with E-state index >= 15 is 0 Å². The fourth-order valence-electron chi connectivity index (χ4n) is 4.28. The van der Waals surface area contributed by atoms with E-state index in [9.17, 15) is 32.9 Å². The Labute approximate surface area is 249 Å². The molecule has 0 unspecified atom stereocenters. The number of carbonyl (C=O) groups is 3. The molecule has 1 fully saturated rings. The zero-order valence-electron chi connectivity index (χ0n) is 22.3. The van der Waals surface area contributed by atoms with Crippen molar-refractivity contribution in [3.63, 3.8) is 0 Å². The van der Waals surface area contributed by atoms with Crippen LogP contribution in [0.5, 0.6) is 11.5 Å². The number of amides is 3. The lowest BCUT2D eigenvalue weighted by Crippen LogP contribution is -2.36. The van der Waals surface area contributed by atoms with E-state index in [4.69, 9.17) is 8.92 Å². The van der Waals surface area contributed by atoms with Crippen molar-refractivity contribution >= 4 is 67.2 Å². The molecule has 1 aliphatic rings. The van der Waals surface area contributed by atoms with E-state index in [2.05, 4.69) is 5.32 Å². The number of nitrogens with one attached hydrogen (secondary N) is 1. The number of rotatable bonds is 9. The standard InChI is InChI=1S/C29H21N3O9S2/c1-40-24-15-18(13-14-23(24)41-43(38,39)26-12-5-4-11-22(26)32(36)37)16-25-28(34)31(29(35)42-25)17-27(33)30-21-10-6-8-19-7-2-3-9-20(19)21/h2-16H,17H2,1H3,(H,30,33)/b25-16-. The summed E-state index contributed by atoms with van der Waals surface area (Å²) >= 11 is 0.643. The quantitative estimate of drug-likeness (QED) is 0.114. The molecular weight excluding hydrogens is 598 g/mol. The molecule has 1 heterocycles. The molecule has 4 aromatic rings. The van der Waals surface area contributed by atoms with Gasteiger partial charge in [-0.2, -0.15) is 8.42 Å². The molecule has 0 spiro atoms. The number of fused-ring (bicyclic) bond motifs is 1. The third kappa shape index (κ3) is 6.19. The minimum absolute atomic E-state index is 0.0335. The monoisotopic (exact) mass is 619 g/mol. The molecule has 218 valence electrons. The SMILES string of the molecule is COc1cc(/C=C2\SC(=O)N(CC(=O)Nc3cccc4ccccc34)C2=O)ccc1OS(=O)(=O)c1ccccc1[N+](=O)[O-]. The van der Waals surface area contributed by atoms with Crippen LogP contribution in [-0.2, 0) is 19.7 Å². The van der Waals surface area contributed by atoms with Crippen molar-refractivity contribution in [2.75, 3.05) is 19.0 Å². The van der Waals surface area contributed by atoms with Crippen LogP contribution in [0.4, 0.5) is 16.2 Å². The molecule has 4 aromatic carbocycles. The molecule has 43 heavy (non-hydrogen) atoms. The number of nitro groups is 1. The number of benzene rings is 4. The number of nitrogens with zero attached hydrogens (tertiary/aromatic N) is 2. The molecule has 12 nitrogen and oxygen atoms in total. The maximum atomic E-state index is 13.0. The Morgan fingerprint density at radius 2 is 1.72 bits per heavy atom. The molecular formula is C29H21N3O9S2. The Morgan fingerprint density at radius 3 is 2.49 bits per heavy atom. The molecule has 0 bridgehead atoms. The van der Waals surface area contributed by atoms with Gasteiger partial charge in [0.25, 0.3) is 16.8 Å². The van der Waals surface area contributed by atoms with Crippen LogP contribution in [-0.4, -0.2) is 48.9 Å². The summed E-state index contributed by atoms with van der Waals surface area (Å²) in [6, 6.07) is 21.6. The predicted octanol–water partition coefficient (Wildman–Crippen LogP) is 5.20. The molecule has 0 atom stereocenters. The lowest BCUT2D eigenvalue weighted by molar-refractivity contribution is -0.387. The Balaban J connectivity index is 1.32. The maximum absolute atomic E-state index is 13.0. The summed E-state index contributed by atoms with van der Waals surface area (Å²) in [7, 11) is -3.36. The molecule has 0 aliphatic carbocycles. The van der Waals surface area contributed by atoms with Crippen molar-refractivity contribution in [1.29, 1.82) is 0 Å². The van der Waals surface area contributed by atoms with Gasteiger partial charge in [-0.1, -0.05) is 54.6 Å². The highest BCUT2D eigenvalue weighted by molar-refractivity contribution is 8.18. The van der Waals surface area contributed by atoms with Crippen molar-refractivity contribution in [1.82, 2.24) is 4.90 Å². The second-order valence-electron chi connectivity index (χ2n) is 9.02. The number of para-hydroxylation sites is 1. The van der Waals surface area contributed by atoms with Gasteiger partial charge in [0.15, 0.2) is 16.4 Å². The topological polar surface area (TPSA) is 162 Å². The Bertz CT molecular complexity index is 1940. The highest BCUT2D eigenvalue weighted by Crippen LogP contribution is 2.36. The van der Waals surface area contributed by atoms with Gasteiger partial charge in [-0.3, -0.25) is 29.4 Å². The molecule has 14 heteroatoms. The number of methoxy groups -OCH3 is 1. The van der Waals surface area contributed by atoms with Crippen molar-refractivity contribution in [2.24, 2.45) is 0 Å². The summed E-state index contributed by atoms with van der Waals surface area (Å²) in [6.45, 7) is -0.495. The van der Waals surface area contributed by atoms with Gasteiger partial charge in [-0.25, -0.2) is 0 Å². The summed E-state index contributed by atoms with van der Waals surface area (Å²) in [5.74, 6) is -1.54.